The Morgan fingerprint density at radius 1 is 1.14 bits per heavy atom. The van der Waals surface area contributed by atoms with Crippen LogP contribution in [0, 0.1) is 12.7 Å². The van der Waals surface area contributed by atoms with Crippen molar-refractivity contribution in [2.75, 3.05) is 13.1 Å². The first-order valence-corrected chi connectivity index (χ1v) is 10.1. The van der Waals surface area contributed by atoms with Crippen molar-refractivity contribution in [3.05, 3.63) is 71.0 Å². The molecule has 0 radical (unpaired) electrons. The average molecular weight is 397 g/mol. The van der Waals surface area contributed by atoms with E-state index in [2.05, 4.69) is 15.5 Å². The van der Waals surface area contributed by atoms with E-state index < -0.39 is 6.04 Å². The van der Waals surface area contributed by atoms with Gasteiger partial charge in [-0.2, -0.15) is 0 Å². The molecule has 0 saturated carbocycles. The summed E-state index contributed by atoms with van der Waals surface area (Å²) in [6.07, 6.45) is 1.71. The van der Waals surface area contributed by atoms with Gasteiger partial charge in [-0.05, 0) is 56.5 Å². The van der Waals surface area contributed by atoms with E-state index in [0.29, 0.717) is 5.56 Å². The lowest BCUT2D eigenvalue weighted by Gasteiger charge is -2.33. The molecule has 6 heteroatoms. The van der Waals surface area contributed by atoms with Crippen LogP contribution < -0.4 is 10.6 Å². The van der Waals surface area contributed by atoms with Gasteiger partial charge in [0.25, 0.3) is 5.91 Å². The summed E-state index contributed by atoms with van der Waals surface area (Å²) < 4.78 is 13.0. The molecule has 29 heavy (non-hydrogen) atoms. The molecule has 3 rings (SSSR count). The zero-order valence-electron chi connectivity index (χ0n) is 17.0. The lowest BCUT2D eigenvalue weighted by atomic mass is 10.0. The van der Waals surface area contributed by atoms with Crippen molar-refractivity contribution < 1.29 is 14.0 Å². The Hall–Kier alpha value is -2.73. The second-order valence-electron chi connectivity index (χ2n) is 7.75. The number of halogens is 1. The first-order chi connectivity index (χ1) is 13.9. The van der Waals surface area contributed by atoms with Crippen molar-refractivity contribution in [3.8, 4) is 0 Å². The van der Waals surface area contributed by atoms with Crippen LogP contribution in [0.25, 0.3) is 0 Å². The third-order valence-electron chi connectivity index (χ3n) is 5.27. The van der Waals surface area contributed by atoms with Gasteiger partial charge in [-0.25, -0.2) is 4.39 Å². The largest absolute Gasteiger partial charge is 0.351 e. The number of carbonyl (C=O) groups excluding carboxylic acids is 2. The van der Waals surface area contributed by atoms with Crippen molar-refractivity contribution in [2.24, 2.45) is 0 Å². The monoisotopic (exact) mass is 397 g/mol. The maximum absolute atomic E-state index is 13.0. The number of piperidine rings is 1. The van der Waals surface area contributed by atoms with E-state index in [1.807, 2.05) is 31.2 Å². The normalized spacial score (nSPS) is 16.2. The maximum Gasteiger partial charge on any atom is 0.251 e. The zero-order chi connectivity index (χ0) is 20.8. The summed E-state index contributed by atoms with van der Waals surface area (Å²) in [5, 5.41) is 5.82. The van der Waals surface area contributed by atoms with E-state index in [9.17, 15) is 14.0 Å². The smallest absolute Gasteiger partial charge is 0.251 e. The number of rotatable bonds is 6. The third-order valence-corrected chi connectivity index (χ3v) is 5.27. The van der Waals surface area contributed by atoms with Crippen molar-refractivity contribution in [2.45, 2.75) is 45.3 Å². The van der Waals surface area contributed by atoms with Crippen LogP contribution in [0.4, 0.5) is 4.39 Å². The van der Waals surface area contributed by atoms with E-state index >= 15 is 0 Å². The molecule has 2 aromatic rings. The molecule has 0 aliphatic carbocycles. The van der Waals surface area contributed by atoms with Gasteiger partial charge < -0.3 is 10.6 Å². The summed E-state index contributed by atoms with van der Waals surface area (Å²) in [4.78, 5) is 27.1. The van der Waals surface area contributed by atoms with Gasteiger partial charge in [0.05, 0.1) is 0 Å². The number of hydrogen-bond acceptors (Lipinski definition) is 3. The van der Waals surface area contributed by atoms with E-state index in [1.165, 1.54) is 12.1 Å². The Labute approximate surface area is 171 Å². The number of aryl methyl sites for hydroxylation is 1. The molecular weight excluding hydrogens is 369 g/mol. The first kappa shape index (κ1) is 21.0. The van der Waals surface area contributed by atoms with Gasteiger partial charge in [0, 0.05) is 31.2 Å². The molecule has 2 N–H and O–H groups in total. The highest BCUT2D eigenvalue weighted by atomic mass is 19.1. The first-order valence-electron chi connectivity index (χ1n) is 10.1. The standard InChI is InChI=1S/C23H28FN3O2/c1-16-4-3-5-19(14-16)23(29)25-17(2)22(28)26-21-10-12-27(13-11-21)15-18-6-8-20(24)9-7-18/h3-9,14,17,21H,10-13,15H2,1-2H3,(H,25,29)(H,26,28). The van der Waals surface area contributed by atoms with Crippen LogP contribution >= 0.6 is 0 Å². The van der Waals surface area contributed by atoms with Gasteiger partial charge in [-0.3, -0.25) is 14.5 Å². The van der Waals surface area contributed by atoms with Gasteiger partial charge in [-0.15, -0.1) is 0 Å². The lowest BCUT2D eigenvalue weighted by molar-refractivity contribution is -0.123. The molecule has 1 saturated heterocycles. The second-order valence-corrected chi connectivity index (χ2v) is 7.75. The highest BCUT2D eigenvalue weighted by molar-refractivity contribution is 5.97. The molecule has 2 amide bonds. The van der Waals surface area contributed by atoms with Crippen molar-refractivity contribution in [1.82, 2.24) is 15.5 Å². The lowest BCUT2D eigenvalue weighted by Crippen LogP contribution is -2.51. The summed E-state index contributed by atoms with van der Waals surface area (Å²) in [5.41, 5.74) is 2.64. The molecule has 1 unspecified atom stereocenters. The summed E-state index contributed by atoms with van der Waals surface area (Å²) >= 11 is 0. The Bertz CT molecular complexity index is 845. The van der Waals surface area contributed by atoms with Gasteiger partial charge in [0.15, 0.2) is 0 Å². The van der Waals surface area contributed by atoms with Crippen LogP contribution in [0.1, 0.15) is 41.3 Å². The fourth-order valence-electron chi connectivity index (χ4n) is 3.54. The zero-order valence-corrected chi connectivity index (χ0v) is 17.0. The molecule has 1 aliphatic rings. The van der Waals surface area contributed by atoms with Crippen molar-refractivity contribution in [1.29, 1.82) is 0 Å². The summed E-state index contributed by atoms with van der Waals surface area (Å²) in [7, 11) is 0. The van der Waals surface area contributed by atoms with E-state index in [-0.39, 0.29) is 23.7 Å². The average Bonchev–Trinajstić information content (AvgIpc) is 2.71. The highest BCUT2D eigenvalue weighted by Crippen LogP contribution is 2.14. The number of nitrogens with one attached hydrogen (secondary N) is 2. The van der Waals surface area contributed by atoms with Crippen LogP contribution in [0.5, 0.6) is 0 Å². The maximum atomic E-state index is 13.0. The Morgan fingerprint density at radius 2 is 1.83 bits per heavy atom. The third kappa shape index (κ3) is 6.12. The number of benzene rings is 2. The quantitative estimate of drug-likeness (QED) is 0.788. The number of nitrogens with zero attached hydrogens (tertiary/aromatic N) is 1. The molecule has 1 atom stereocenters. The molecule has 0 aromatic heterocycles. The Balaban J connectivity index is 1.42. The molecule has 1 fully saturated rings. The minimum absolute atomic E-state index is 0.102. The fourth-order valence-corrected chi connectivity index (χ4v) is 3.54. The number of likely N-dealkylation sites (tertiary alicyclic amines) is 1. The van der Waals surface area contributed by atoms with Crippen molar-refractivity contribution >= 4 is 11.8 Å². The fraction of sp³-hybridized carbons (Fsp3) is 0.391. The number of hydrogen-bond donors (Lipinski definition) is 2. The summed E-state index contributed by atoms with van der Waals surface area (Å²) in [5.74, 6) is -0.632. The van der Waals surface area contributed by atoms with Crippen LogP contribution in [-0.4, -0.2) is 41.9 Å². The highest BCUT2D eigenvalue weighted by Gasteiger charge is 2.23. The molecule has 154 valence electrons. The molecule has 5 nitrogen and oxygen atoms in total. The van der Waals surface area contributed by atoms with Crippen LogP contribution in [-0.2, 0) is 11.3 Å². The van der Waals surface area contributed by atoms with Gasteiger partial charge in [0.1, 0.15) is 11.9 Å². The van der Waals surface area contributed by atoms with Gasteiger partial charge in [-0.1, -0.05) is 29.8 Å². The second kappa shape index (κ2) is 9.65. The van der Waals surface area contributed by atoms with E-state index in [0.717, 1.165) is 43.6 Å². The Kier molecular flexibility index (Phi) is 6.99. The SMILES string of the molecule is Cc1cccc(C(=O)NC(C)C(=O)NC2CCN(Cc3ccc(F)cc3)CC2)c1. The van der Waals surface area contributed by atoms with E-state index in [4.69, 9.17) is 0 Å². The molecular formula is C23H28FN3O2. The molecule has 1 aliphatic heterocycles. The van der Waals surface area contributed by atoms with Gasteiger partial charge in [0.2, 0.25) is 5.91 Å². The minimum atomic E-state index is -0.597. The predicted molar refractivity (Wildman–Crippen MR) is 111 cm³/mol. The van der Waals surface area contributed by atoms with Crippen molar-refractivity contribution in [3.63, 3.8) is 0 Å². The predicted octanol–water partition coefficient (Wildman–Crippen LogP) is 3.03. The number of carbonyl (C=O) groups is 2. The molecule has 1 heterocycles. The van der Waals surface area contributed by atoms with Crippen LogP contribution in [0.2, 0.25) is 0 Å². The molecule has 0 bridgehead atoms. The van der Waals surface area contributed by atoms with Gasteiger partial charge >= 0.3 is 0 Å². The van der Waals surface area contributed by atoms with E-state index in [1.54, 1.807) is 19.1 Å². The van der Waals surface area contributed by atoms with Crippen LogP contribution in [0.15, 0.2) is 48.5 Å². The Morgan fingerprint density at radius 3 is 2.48 bits per heavy atom. The molecule has 2 aromatic carbocycles. The topological polar surface area (TPSA) is 61.4 Å². The minimum Gasteiger partial charge on any atom is -0.351 e. The summed E-state index contributed by atoms with van der Waals surface area (Å²) in [6.45, 7) is 6.14. The molecule has 0 spiro atoms. The number of amides is 2. The van der Waals surface area contributed by atoms with Crippen LogP contribution in [0.3, 0.4) is 0 Å². The summed E-state index contributed by atoms with van der Waals surface area (Å²) in [6, 6.07) is 13.4.